The Morgan fingerprint density at radius 2 is 1.89 bits per heavy atom. The van der Waals surface area contributed by atoms with Crippen molar-refractivity contribution < 1.29 is 9.90 Å². The Bertz CT molecular complexity index is 265. The number of hydrogen-bond donors (Lipinski definition) is 3. The summed E-state index contributed by atoms with van der Waals surface area (Å²) in [6.45, 7) is 4.21. The molecule has 1 aliphatic rings. The number of rotatable bonds is 5. The maximum Gasteiger partial charge on any atom is 0.224 e. The Morgan fingerprint density at radius 1 is 1.28 bits per heavy atom. The standard InChI is InChI=1S/C14H28N2O2/c1-3-14(18,4-2)10-16-13(17)11-8-6-5-7-9-12(11)15/h11-12,18H,3-10,15H2,1-2H3,(H,16,17). The van der Waals surface area contributed by atoms with E-state index in [1.807, 2.05) is 13.8 Å². The van der Waals surface area contributed by atoms with Gasteiger partial charge >= 0.3 is 0 Å². The topological polar surface area (TPSA) is 75.3 Å². The molecular weight excluding hydrogens is 228 g/mol. The molecule has 0 spiro atoms. The molecule has 0 saturated heterocycles. The van der Waals surface area contributed by atoms with Crippen molar-refractivity contribution in [2.45, 2.75) is 70.4 Å². The molecule has 0 bridgehead atoms. The smallest absolute Gasteiger partial charge is 0.224 e. The van der Waals surface area contributed by atoms with E-state index < -0.39 is 5.60 Å². The number of amides is 1. The predicted molar refractivity (Wildman–Crippen MR) is 73.1 cm³/mol. The van der Waals surface area contributed by atoms with Crippen LogP contribution in [-0.2, 0) is 4.79 Å². The van der Waals surface area contributed by atoms with Gasteiger partial charge in [-0.05, 0) is 25.7 Å². The highest BCUT2D eigenvalue weighted by atomic mass is 16.3. The van der Waals surface area contributed by atoms with Gasteiger partial charge in [-0.15, -0.1) is 0 Å². The summed E-state index contributed by atoms with van der Waals surface area (Å²) in [6.07, 6.45) is 6.50. The summed E-state index contributed by atoms with van der Waals surface area (Å²) in [5, 5.41) is 13.0. The van der Waals surface area contributed by atoms with Gasteiger partial charge in [-0.25, -0.2) is 0 Å². The third-order valence-electron chi connectivity index (χ3n) is 4.31. The molecular formula is C14H28N2O2. The molecule has 0 aromatic rings. The zero-order chi connectivity index (χ0) is 13.6. The summed E-state index contributed by atoms with van der Waals surface area (Å²) in [6, 6.07) is -0.0242. The lowest BCUT2D eigenvalue weighted by Crippen LogP contribution is -2.47. The first-order valence-corrected chi connectivity index (χ1v) is 7.28. The first kappa shape index (κ1) is 15.4. The minimum atomic E-state index is -0.773. The molecule has 0 heterocycles. The van der Waals surface area contributed by atoms with Crippen molar-refractivity contribution >= 4 is 5.91 Å². The number of aliphatic hydroxyl groups is 1. The van der Waals surface area contributed by atoms with Gasteiger partial charge in [0.1, 0.15) is 0 Å². The number of hydrogen-bond acceptors (Lipinski definition) is 3. The summed E-state index contributed by atoms with van der Waals surface area (Å²) < 4.78 is 0. The first-order chi connectivity index (χ1) is 8.52. The third kappa shape index (κ3) is 4.25. The Morgan fingerprint density at radius 3 is 2.50 bits per heavy atom. The molecule has 2 atom stereocenters. The lowest BCUT2D eigenvalue weighted by atomic mass is 9.93. The van der Waals surface area contributed by atoms with E-state index in [-0.39, 0.29) is 17.9 Å². The van der Waals surface area contributed by atoms with Gasteiger partial charge in [0, 0.05) is 12.6 Å². The summed E-state index contributed by atoms with van der Waals surface area (Å²) in [5.74, 6) is -0.0600. The third-order valence-corrected chi connectivity index (χ3v) is 4.31. The lowest BCUT2D eigenvalue weighted by Gasteiger charge is -2.27. The van der Waals surface area contributed by atoms with Crippen LogP contribution < -0.4 is 11.1 Å². The second-order valence-electron chi connectivity index (χ2n) is 5.56. The Hall–Kier alpha value is -0.610. The van der Waals surface area contributed by atoms with Gasteiger partial charge in [0.25, 0.3) is 0 Å². The van der Waals surface area contributed by atoms with Gasteiger partial charge in [-0.1, -0.05) is 33.1 Å². The summed E-state index contributed by atoms with van der Waals surface area (Å²) in [7, 11) is 0. The van der Waals surface area contributed by atoms with Gasteiger partial charge in [-0.2, -0.15) is 0 Å². The van der Waals surface area contributed by atoms with E-state index in [4.69, 9.17) is 5.73 Å². The molecule has 1 fully saturated rings. The van der Waals surface area contributed by atoms with E-state index in [1.54, 1.807) is 0 Å². The molecule has 1 aliphatic carbocycles. The predicted octanol–water partition coefficient (Wildman–Crippen LogP) is 1.56. The molecule has 4 nitrogen and oxygen atoms in total. The van der Waals surface area contributed by atoms with Crippen LogP contribution in [0.3, 0.4) is 0 Å². The summed E-state index contributed by atoms with van der Waals surface area (Å²) in [5.41, 5.74) is 5.29. The van der Waals surface area contributed by atoms with Crippen LogP contribution in [0.2, 0.25) is 0 Å². The second kappa shape index (κ2) is 7.10. The van der Waals surface area contributed by atoms with Crippen LogP contribution >= 0.6 is 0 Å². The van der Waals surface area contributed by atoms with Gasteiger partial charge < -0.3 is 16.2 Å². The lowest BCUT2D eigenvalue weighted by molar-refractivity contribution is -0.127. The van der Waals surface area contributed by atoms with Crippen LogP contribution in [0.4, 0.5) is 0 Å². The first-order valence-electron chi connectivity index (χ1n) is 7.28. The van der Waals surface area contributed by atoms with Crippen LogP contribution in [0.25, 0.3) is 0 Å². The Kier molecular flexibility index (Phi) is 6.09. The zero-order valence-electron chi connectivity index (χ0n) is 11.7. The second-order valence-corrected chi connectivity index (χ2v) is 5.56. The van der Waals surface area contributed by atoms with Crippen LogP contribution in [0.5, 0.6) is 0 Å². The van der Waals surface area contributed by atoms with Crippen molar-refractivity contribution in [1.82, 2.24) is 5.32 Å². The molecule has 4 N–H and O–H groups in total. The number of nitrogens with two attached hydrogens (primary N) is 1. The highest BCUT2D eigenvalue weighted by molar-refractivity contribution is 5.79. The quantitative estimate of drug-likeness (QED) is 0.653. The van der Waals surface area contributed by atoms with Crippen molar-refractivity contribution in [3.05, 3.63) is 0 Å². The molecule has 2 unspecified atom stereocenters. The average Bonchev–Trinajstić information content (AvgIpc) is 2.60. The monoisotopic (exact) mass is 256 g/mol. The van der Waals surface area contributed by atoms with Gasteiger partial charge in [-0.3, -0.25) is 4.79 Å². The van der Waals surface area contributed by atoms with E-state index in [2.05, 4.69) is 5.32 Å². The molecule has 0 radical (unpaired) electrons. The van der Waals surface area contributed by atoms with E-state index in [0.717, 1.165) is 25.7 Å². The Labute approximate surface area is 110 Å². The molecule has 18 heavy (non-hydrogen) atoms. The summed E-state index contributed by atoms with van der Waals surface area (Å²) >= 11 is 0. The molecule has 0 aliphatic heterocycles. The van der Waals surface area contributed by atoms with Crippen LogP contribution in [0.1, 0.15) is 58.8 Å². The highest BCUT2D eigenvalue weighted by Crippen LogP contribution is 2.22. The molecule has 1 saturated carbocycles. The van der Waals surface area contributed by atoms with E-state index >= 15 is 0 Å². The number of nitrogens with one attached hydrogen (secondary N) is 1. The molecule has 1 amide bonds. The fraction of sp³-hybridized carbons (Fsp3) is 0.929. The van der Waals surface area contributed by atoms with Crippen LogP contribution in [-0.4, -0.2) is 29.2 Å². The number of carbonyl (C=O) groups excluding carboxylic acids is 1. The largest absolute Gasteiger partial charge is 0.388 e. The maximum absolute atomic E-state index is 12.1. The van der Waals surface area contributed by atoms with E-state index in [1.165, 1.54) is 6.42 Å². The average molecular weight is 256 g/mol. The molecule has 0 aromatic carbocycles. The van der Waals surface area contributed by atoms with Crippen molar-refractivity contribution in [3.63, 3.8) is 0 Å². The van der Waals surface area contributed by atoms with E-state index in [9.17, 15) is 9.90 Å². The van der Waals surface area contributed by atoms with Crippen molar-refractivity contribution in [3.8, 4) is 0 Å². The summed E-state index contributed by atoms with van der Waals surface area (Å²) in [4.78, 5) is 12.1. The van der Waals surface area contributed by atoms with Crippen LogP contribution in [0, 0.1) is 5.92 Å². The van der Waals surface area contributed by atoms with Crippen molar-refractivity contribution in [1.29, 1.82) is 0 Å². The van der Waals surface area contributed by atoms with Crippen LogP contribution in [0.15, 0.2) is 0 Å². The number of carbonyl (C=O) groups is 1. The van der Waals surface area contributed by atoms with E-state index in [0.29, 0.717) is 19.4 Å². The van der Waals surface area contributed by atoms with Crippen molar-refractivity contribution in [2.24, 2.45) is 11.7 Å². The molecule has 0 aromatic heterocycles. The van der Waals surface area contributed by atoms with Gasteiger partial charge in [0.2, 0.25) is 5.91 Å². The zero-order valence-corrected chi connectivity index (χ0v) is 11.7. The minimum absolute atomic E-state index is 0.0183. The highest BCUT2D eigenvalue weighted by Gasteiger charge is 2.29. The van der Waals surface area contributed by atoms with Gasteiger partial charge in [0.05, 0.1) is 11.5 Å². The minimum Gasteiger partial charge on any atom is -0.388 e. The normalized spacial score (nSPS) is 25.6. The molecule has 106 valence electrons. The SMILES string of the molecule is CCC(O)(CC)CNC(=O)C1CCCCCC1N. The molecule has 1 rings (SSSR count). The molecule has 4 heteroatoms. The fourth-order valence-electron chi connectivity index (χ4n) is 2.54. The Balaban J connectivity index is 2.48. The maximum atomic E-state index is 12.1. The fourth-order valence-corrected chi connectivity index (χ4v) is 2.54. The van der Waals surface area contributed by atoms with Gasteiger partial charge in [0.15, 0.2) is 0 Å². The van der Waals surface area contributed by atoms with Crippen molar-refractivity contribution in [2.75, 3.05) is 6.54 Å².